The topological polar surface area (TPSA) is 150 Å². The van der Waals surface area contributed by atoms with E-state index in [0.29, 0.717) is 16.9 Å². The smallest absolute Gasteiger partial charge is 0.336 e. The van der Waals surface area contributed by atoms with Gasteiger partial charge in [0.25, 0.3) is 0 Å². The molecule has 4 rings (SSSR count). The van der Waals surface area contributed by atoms with Crippen LogP contribution in [0.1, 0.15) is 31.9 Å². The van der Waals surface area contributed by atoms with Crippen molar-refractivity contribution in [1.29, 1.82) is 0 Å². The van der Waals surface area contributed by atoms with Gasteiger partial charge in [-0.05, 0) is 49.2 Å². The van der Waals surface area contributed by atoms with Gasteiger partial charge in [0.15, 0.2) is 0 Å². The van der Waals surface area contributed by atoms with Gasteiger partial charge in [0.05, 0.1) is 0 Å². The van der Waals surface area contributed by atoms with Crippen LogP contribution in [0.4, 0.5) is 0 Å². The molecule has 0 saturated heterocycles. The van der Waals surface area contributed by atoms with Crippen molar-refractivity contribution < 1.29 is 37.8 Å². The summed E-state index contributed by atoms with van der Waals surface area (Å²) >= 11 is 0. The summed E-state index contributed by atoms with van der Waals surface area (Å²) in [5, 5.41) is 10.8. The Kier molecular flexibility index (Phi) is 9.26. The molecule has 0 radical (unpaired) electrons. The number of esters is 3. The quantitative estimate of drug-likeness (QED) is 0.178. The SMILES string of the molecule is CC(=O)OC(C)=O.CC(=O)Oc1ccc2c(C)cc(=O)oc2c1.Cc1cc(=O)oc2cc(O)ccc12. The standard InChI is InChI=1S/C12H10O4.C10H8O3.C4H6O3/c1-7-5-12(14)16-11-6-9(15-8(2)13)3-4-10(7)11;1-6-4-10(12)13-9-5-7(11)2-3-8(6)9;1-3(5)7-4(2)6/h3-6H,1-2H3;2-5,11H,1H3;1-2H3. The fourth-order valence-electron chi connectivity index (χ4n) is 3.05. The first-order valence-corrected chi connectivity index (χ1v) is 10.5. The maximum absolute atomic E-state index is 11.2. The first-order valence-electron chi connectivity index (χ1n) is 10.5. The molecule has 0 atom stereocenters. The minimum absolute atomic E-state index is 0.0984. The maximum atomic E-state index is 11.2. The number of benzene rings is 2. The van der Waals surface area contributed by atoms with E-state index < -0.39 is 29.2 Å². The average Bonchev–Trinajstić information content (AvgIpc) is 2.72. The largest absolute Gasteiger partial charge is 0.508 e. The molecular formula is C26H24O10. The van der Waals surface area contributed by atoms with E-state index in [1.54, 1.807) is 24.3 Å². The predicted octanol–water partition coefficient (Wildman–Crippen LogP) is 3.93. The van der Waals surface area contributed by atoms with E-state index in [9.17, 15) is 24.0 Å². The fraction of sp³-hybridized carbons (Fsp3) is 0.192. The van der Waals surface area contributed by atoms with Gasteiger partial charge in [0.1, 0.15) is 22.7 Å². The van der Waals surface area contributed by atoms with E-state index in [2.05, 4.69) is 4.74 Å². The van der Waals surface area contributed by atoms with Crippen molar-refractivity contribution in [3.05, 3.63) is 80.5 Å². The van der Waals surface area contributed by atoms with Gasteiger partial charge >= 0.3 is 29.2 Å². The molecule has 36 heavy (non-hydrogen) atoms. The number of rotatable bonds is 1. The molecule has 4 aromatic rings. The second-order valence-electron chi connectivity index (χ2n) is 7.51. The van der Waals surface area contributed by atoms with Gasteiger partial charge in [-0.15, -0.1) is 0 Å². The van der Waals surface area contributed by atoms with Crippen LogP contribution in [0.25, 0.3) is 21.9 Å². The first kappa shape index (κ1) is 27.5. The molecule has 2 aromatic carbocycles. The number of carbonyl (C=O) groups is 3. The Morgan fingerprint density at radius 2 is 1.17 bits per heavy atom. The number of hydrogen-bond acceptors (Lipinski definition) is 10. The highest BCUT2D eigenvalue weighted by atomic mass is 16.6. The van der Waals surface area contributed by atoms with E-state index in [4.69, 9.17) is 18.7 Å². The summed E-state index contributed by atoms with van der Waals surface area (Å²) < 4.78 is 18.8. The lowest BCUT2D eigenvalue weighted by Crippen LogP contribution is -2.03. The molecule has 1 N–H and O–H groups in total. The van der Waals surface area contributed by atoms with Crippen molar-refractivity contribution >= 4 is 39.8 Å². The Morgan fingerprint density at radius 3 is 1.61 bits per heavy atom. The number of phenols is 1. The highest BCUT2D eigenvalue weighted by Crippen LogP contribution is 2.22. The fourth-order valence-corrected chi connectivity index (χ4v) is 3.05. The van der Waals surface area contributed by atoms with Gasteiger partial charge in [0, 0.05) is 55.8 Å². The lowest BCUT2D eigenvalue weighted by Gasteiger charge is -2.03. The summed E-state index contributed by atoms with van der Waals surface area (Å²) in [5.41, 5.74) is 1.72. The van der Waals surface area contributed by atoms with Crippen molar-refractivity contribution in [3.8, 4) is 11.5 Å². The number of aryl methyl sites for hydroxylation is 2. The van der Waals surface area contributed by atoms with E-state index >= 15 is 0 Å². The Hall–Kier alpha value is -4.73. The summed E-state index contributed by atoms with van der Waals surface area (Å²) in [6.45, 7) is 7.33. The highest BCUT2D eigenvalue weighted by Gasteiger charge is 2.05. The monoisotopic (exact) mass is 496 g/mol. The number of carbonyl (C=O) groups excluding carboxylic acids is 3. The molecule has 0 aliphatic heterocycles. The Labute approximate surface area is 204 Å². The van der Waals surface area contributed by atoms with Gasteiger partial charge in [-0.1, -0.05) is 0 Å². The molecule has 0 bridgehead atoms. The van der Waals surface area contributed by atoms with Crippen LogP contribution in [0.3, 0.4) is 0 Å². The number of phenolic OH excluding ortho intramolecular Hbond substituents is 1. The summed E-state index contributed by atoms with van der Waals surface area (Å²) in [6, 6.07) is 12.5. The minimum Gasteiger partial charge on any atom is -0.508 e. The van der Waals surface area contributed by atoms with Crippen molar-refractivity contribution in [3.63, 3.8) is 0 Å². The number of ether oxygens (including phenoxy) is 2. The minimum atomic E-state index is -0.562. The maximum Gasteiger partial charge on any atom is 0.336 e. The molecule has 0 aliphatic carbocycles. The molecule has 0 saturated carbocycles. The zero-order chi connectivity index (χ0) is 27.0. The summed E-state index contributed by atoms with van der Waals surface area (Å²) in [7, 11) is 0. The molecule has 2 heterocycles. The zero-order valence-electron chi connectivity index (χ0n) is 20.2. The highest BCUT2D eigenvalue weighted by molar-refractivity contribution is 5.83. The second-order valence-corrected chi connectivity index (χ2v) is 7.51. The van der Waals surface area contributed by atoms with E-state index in [-0.39, 0.29) is 5.75 Å². The molecular weight excluding hydrogens is 472 g/mol. The van der Waals surface area contributed by atoms with Gasteiger partial charge in [0.2, 0.25) is 0 Å². The molecule has 0 amide bonds. The number of aromatic hydroxyl groups is 1. The Balaban J connectivity index is 0.000000205. The van der Waals surface area contributed by atoms with Gasteiger partial charge in [-0.2, -0.15) is 0 Å². The number of hydrogen-bond donors (Lipinski definition) is 1. The predicted molar refractivity (Wildman–Crippen MR) is 130 cm³/mol. The third-order valence-electron chi connectivity index (χ3n) is 4.41. The second kappa shape index (κ2) is 12.1. The van der Waals surface area contributed by atoms with Crippen LogP contribution < -0.4 is 16.0 Å². The Bertz CT molecular complexity index is 1530. The zero-order valence-corrected chi connectivity index (χ0v) is 20.2. The van der Waals surface area contributed by atoms with Gasteiger partial charge < -0.3 is 23.4 Å². The van der Waals surface area contributed by atoms with Crippen LogP contribution in [0.5, 0.6) is 11.5 Å². The van der Waals surface area contributed by atoms with Crippen molar-refractivity contribution in [2.45, 2.75) is 34.6 Å². The molecule has 0 spiro atoms. The van der Waals surface area contributed by atoms with Crippen molar-refractivity contribution in [1.82, 2.24) is 0 Å². The van der Waals surface area contributed by atoms with Gasteiger partial charge in [-0.3, -0.25) is 14.4 Å². The molecule has 2 aromatic heterocycles. The lowest BCUT2D eigenvalue weighted by atomic mass is 10.1. The summed E-state index contributed by atoms with van der Waals surface area (Å²) in [6.07, 6.45) is 0. The van der Waals surface area contributed by atoms with Crippen molar-refractivity contribution in [2.24, 2.45) is 0 Å². The van der Waals surface area contributed by atoms with Crippen LogP contribution in [-0.4, -0.2) is 23.0 Å². The third kappa shape index (κ3) is 8.24. The van der Waals surface area contributed by atoms with E-state index in [1.807, 2.05) is 13.8 Å². The molecule has 0 unspecified atom stereocenters. The summed E-state index contributed by atoms with van der Waals surface area (Å²) in [5.74, 6) is -1.07. The van der Waals surface area contributed by atoms with Crippen LogP contribution in [0, 0.1) is 13.8 Å². The van der Waals surface area contributed by atoms with Gasteiger partial charge in [-0.25, -0.2) is 9.59 Å². The third-order valence-corrected chi connectivity index (χ3v) is 4.41. The molecule has 0 aliphatic rings. The average molecular weight is 496 g/mol. The van der Waals surface area contributed by atoms with Crippen molar-refractivity contribution in [2.75, 3.05) is 0 Å². The van der Waals surface area contributed by atoms with E-state index in [1.165, 1.54) is 45.0 Å². The van der Waals surface area contributed by atoms with Crippen LogP contribution in [-0.2, 0) is 19.1 Å². The van der Waals surface area contributed by atoms with Crippen LogP contribution in [0.2, 0.25) is 0 Å². The summed E-state index contributed by atoms with van der Waals surface area (Å²) in [4.78, 5) is 52.5. The molecule has 10 nitrogen and oxygen atoms in total. The molecule has 188 valence electrons. The van der Waals surface area contributed by atoms with E-state index in [0.717, 1.165) is 21.9 Å². The first-order chi connectivity index (χ1) is 16.8. The van der Waals surface area contributed by atoms with Crippen LogP contribution >= 0.6 is 0 Å². The Morgan fingerprint density at radius 1 is 0.694 bits per heavy atom. The molecule has 0 fully saturated rings. The van der Waals surface area contributed by atoms with Crippen LogP contribution in [0.15, 0.2) is 67.0 Å². The lowest BCUT2D eigenvalue weighted by molar-refractivity contribution is -0.156. The normalized spacial score (nSPS) is 9.92. The molecule has 10 heteroatoms. The number of fused-ring (bicyclic) bond motifs is 2.